The third kappa shape index (κ3) is 38.7. The fraction of sp³-hybridized carbons (Fsp3) is 0.846. The first-order valence-electron chi connectivity index (χ1n) is 26.9. The number of nitrogens with one attached hydrogen (secondary N) is 1. The van der Waals surface area contributed by atoms with Crippen LogP contribution in [-0.4, -0.2) is 78.1 Å². The molecule has 2 N–H and O–H groups in total. The molecule has 394 valence electrons. The highest BCUT2D eigenvalue weighted by atomic mass is 31.2. The maximum absolute atomic E-state index is 12.8. The van der Waals surface area contributed by atoms with Crippen molar-refractivity contribution in [3.8, 4) is 0 Å². The molecule has 0 aromatic heterocycles. The minimum Gasteiger partial charge on any atom is -0.462 e. The number of unbranched alkanes of at least 4 members (excludes halogenated alkanes) is 27. The Morgan fingerprint density at radius 1 is 0.559 bits per heavy atom. The molecular formula is C52H93N2O13P. The summed E-state index contributed by atoms with van der Waals surface area (Å²) in [6.07, 6.45) is 37.8. The van der Waals surface area contributed by atoms with E-state index in [1.54, 1.807) is 0 Å². The first-order valence-corrected chi connectivity index (χ1v) is 28.4. The lowest BCUT2D eigenvalue weighted by atomic mass is 10.0. The number of carbonyl (C=O) groups excluding carboxylic acids is 6. The molecule has 1 rings (SSSR count). The van der Waals surface area contributed by atoms with E-state index >= 15 is 0 Å². The van der Waals surface area contributed by atoms with Gasteiger partial charge in [0.05, 0.1) is 13.2 Å². The fourth-order valence-corrected chi connectivity index (χ4v) is 8.55. The van der Waals surface area contributed by atoms with Crippen LogP contribution in [0, 0.1) is 0 Å². The van der Waals surface area contributed by atoms with Crippen LogP contribution < -0.4 is 5.32 Å². The Bertz CT molecular complexity index is 1410. The quantitative estimate of drug-likeness (QED) is 0.0192. The molecule has 0 spiro atoms. The number of amides is 3. The van der Waals surface area contributed by atoms with Gasteiger partial charge in [-0.05, 0) is 44.9 Å². The van der Waals surface area contributed by atoms with E-state index in [0.29, 0.717) is 43.6 Å². The van der Waals surface area contributed by atoms with E-state index in [0.717, 1.165) is 44.9 Å². The van der Waals surface area contributed by atoms with E-state index in [-0.39, 0.29) is 64.2 Å². The minimum absolute atomic E-state index is 0.0283. The Hall–Kier alpha value is -3.13. The summed E-state index contributed by atoms with van der Waals surface area (Å²) in [6.45, 7) is 3.33. The van der Waals surface area contributed by atoms with Crippen LogP contribution in [0.4, 0.5) is 0 Å². The predicted octanol–water partition coefficient (Wildman–Crippen LogP) is 12.5. The van der Waals surface area contributed by atoms with Gasteiger partial charge >= 0.3 is 25.7 Å². The Morgan fingerprint density at radius 3 is 1.49 bits per heavy atom. The standard InChI is InChI=1S/C52H93N2O13P/c1-3-5-7-9-11-13-15-17-19-21-25-29-33-37-50(58)63-44-46(66-51(59)38-34-30-26-22-20-18-16-14-12-10-8-6-4-2)45-65-68(61,62)64-43-42-53-47(55)36-32-28-24-23-27-31-35-39-52(60)67-54-48(56)40-41-49(54)57/h23-24,46H,3-22,25-45H2,1-2H3,(H,53,55)(H,61,62)/b24-23+. The summed E-state index contributed by atoms with van der Waals surface area (Å²) in [5.41, 5.74) is 0. The molecular weight excluding hydrogens is 892 g/mol. The zero-order chi connectivity index (χ0) is 49.8. The lowest BCUT2D eigenvalue weighted by molar-refractivity contribution is -0.197. The molecule has 16 heteroatoms. The number of hydroxylamine groups is 2. The van der Waals surface area contributed by atoms with Crippen LogP contribution in [0.5, 0.6) is 0 Å². The van der Waals surface area contributed by atoms with Crippen LogP contribution in [0.25, 0.3) is 0 Å². The molecule has 0 saturated carbocycles. The highest BCUT2D eigenvalue weighted by molar-refractivity contribution is 7.47. The first kappa shape index (κ1) is 62.9. The number of hydrogen-bond donors (Lipinski definition) is 2. The van der Waals surface area contributed by atoms with E-state index in [1.807, 2.05) is 12.2 Å². The molecule has 0 radical (unpaired) electrons. The smallest absolute Gasteiger partial charge is 0.462 e. The van der Waals surface area contributed by atoms with Crippen LogP contribution in [0.3, 0.4) is 0 Å². The van der Waals surface area contributed by atoms with Gasteiger partial charge in [0.15, 0.2) is 6.10 Å². The van der Waals surface area contributed by atoms with Crippen molar-refractivity contribution in [1.29, 1.82) is 0 Å². The number of phosphoric acid groups is 1. The van der Waals surface area contributed by atoms with Gasteiger partial charge < -0.3 is 24.5 Å². The van der Waals surface area contributed by atoms with Crippen LogP contribution >= 0.6 is 7.82 Å². The topological polar surface area (TPSA) is 201 Å². The molecule has 0 aliphatic carbocycles. The van der Waals surface area contributed by atoms with Gasteiger partial charge in [-0.1, -0.05) is 180 Å². The summed E-state index contributed by atoms with van der Waals surface area (Å²) in [6, 6.07) is 0. The molecule has 1 aliphatic heterocycles. The molecule has 2 unspecified atom stereocenters. The van der Waals surface area contributed by atoms with Crippen molar-refractivity contribution in [2.24, 2.45) is 0 Å². The van der Waals surface area contributed by atoms with E-state index in [2.05, 4.69) is 19.2 Å². The molecule has 0 aromatic carbocycles. The number of imide groups is 1. The molecule has 68 heavy (non-hydrogen) atoms. The average Bonchev–Trinajstić information content (AvgIpc) is 3.63. The summed E-state index contributed by atoms with van der Waals surface area (Å²) in [5, 5.41) is 3.19. The number of phosphoric ester groups is 1. The van der Waals surface area contributed by atoms with Crippen molar-refractivity contribution in [2.45, 2.75) is 258 Å². The van der Waals surface area contributed by atoms with Gasteiger partial charge in [-0.25, -0.2) is 9.36 Å². The first-order chi connectivity index (χ1) is 33.0. The second-order valence-corrected chi connectivity index (χ2v) is 19.8. The Morgan fingerprint density at radius 2 is 0.985 bits per heavy atom. The van der Waals surface area contributed by atoms with Crippen LogP contribution in [0.15, 0.2) is 12.2 Å². The second-order valence-electron chi connectivity index (χ2n) is 18.4. The fourth-order valence-electron chi connectivity index (χ4n) is 7.80. The number of carbonyl (C=O) groups is 6. The monoisotopic (exact) mass is 985 g/mol. The lowest BCUT2D eigenvalue weighted by Gasteiger charge is -2.20. The Kier molecular flexibility index (Phi) is 40.6. The molecule has 15 nitrogen and oxygen atoms in total. The van der Waals surface area contributed by atoms with Gasteiger partial charge in [0, 0.05) is 45.1 Å². The largest absolute Gasteiger partial charge is 0.472 e. The van der Waals surface area contributed by atoms with Crippen molar-refractivity contribution in [2.75, 3.05) is 26.4 Å². The van der Waals surface area contributed by atoms with Crippen LogP contribution in [0.2, 0.25) is 0 Å². The van der Waals surface area contributed by atoms with Gasteiger partial charge in [0.2, 0.25) is 5.91 Å². The predicted molar refractivity (Wildman–Crippen MR) is 265 cm³/mol. The van der Waals surface area contributed by atoms with E-state index in [9.17, 15) is 38.2 Å². The second kappa shape index (κ2) is 43.9. The number of rotatable bonds is 48. The van der Waals surface area contributed by atoms with Crippen molar-refractivity contribution >= 4 is 43.5 Å². The van der Waals surface area contributed by atoms with Gasteiger partial charge in [0.1, 0.15) is 6.61 Å². The summed E-state index contributed by atoms with van der Waals surface area (Å²) < 4.78 is 33.9. The maximum Gasteiger partial charge on any atom is 0.472 e. The number of esters is 2. The molecule has 1 aliphatic rings. The normalized spacial score (nSPS) is 14.1. The summed E-state index contributed by atoms with van der Waals surface area (Å²) in [4.78, 5) is 87.8. The highest BCUT2D eigenvalue weighted by Gasteiger charge is 2.32. The van der Waals surface area contributed by atoms with Gasteiger partial charge in [-0.2, -0.15) is 0 Å². The average molecular weight is 985 g/mol. The van der Waals surface area contributed by atoms with Crippen molar-refractivity contribution in [3.05, 3.63) is 12.2 Å². The molecule has 1 heterocycles. The van der Waals surface area contributed by atoms with E-state index in [4.69, 9.17) is 23.4 Å². The number of allylic oxidation sites excluding steroid dienone is 2. The SMILES string of the molecule is CCCCCCCCCCCCCCCC(=O)OCC(COP(=O)(O)OCCNC(=O)CCC/C=C/CCCCC(=O)ON1C(=O)CCC1=O)OC(=O)CCCCCCCCCCCCCCC. The number of ether oxygens (including phenoxy) is 2. The van der Waals surface area contributed by atoms with Crippen molar-refractivity contribution in [1.82, 2.24) is 10.4 Å². The maximum atomic E-state index is 12.8. The highest BCUT2D eigenvalue weighted by Crippen LogP contribution is 2.43. The molecule has 1 saturated heterocycles. The zero-order valence-electron chi connectivity index (χ0n) is 42.5. The van der Waals surface area contributed by atoms with E-state index in [1.165, 1.54) is 116 Å². The molecule has 2 atom stereocenters. The van der Waals surface area contributed by atoms with Gasteiger partial charge in [-0.3, -0.25) is 33.0 Å². The summed E-state index contributed by atoms with van der Waals surface area (Å²) in [7, 11) is -4.60. The van der Waals surface area contributed by atoms with Gasteiger partial charge in [-0.15, -0.1) is 5.06 Å². The molecule has 1 fully saturated rings. The van der Waals surface area contributed by atoms with Crippen LogP contribution in [-0.2, 0) is 56.7 Å². The molecule has 0 aromatic rings. The number of hydrogen-bond acceptors (Lipinski definition) is 12. The summed E-state index contributed by atoms with van der Waals surface area (Å²) >= 11 is 0. The third-order valence-electron chi connectivity index (χ3n) is 11.9. The lowest BCUT2D eigenvalue weighted by Crippen LogP contribution is -2.31. The zero-order valence-corrected chi connectivity index (χ0v) is 43.4. The Labute approximate surface area is 410 Å². The van der Waals surface area contributed by atoms with Crippen LogP contribution in [0.1, 0.15) is 251 Å². The third-order valence-corrected chi connectivity index (χ3v) is 12.9. The Balaban J connectivity index is 2.35. The molecule has 3 amide bonds. The van der Waals surface area contributed by atoms with E-state index < -0.39 is 50.3 Å². The molecule has 0 bridgehead atoms. The summed E-state index contributed by atoms with van der Waals surface area (Å²) in [5.74, 6) is -2.79. The van der Waals surface area contributed by atoms with Crippen molar-refractivity contribution < 1.29 is 61.6 Å². The van der Waals surface area contributed by atoms with Crippen molar-refractivity contribution in [3.63, 3.8) is 0 Å². The minimum atomic E-state index is -4.60. The van der Waals surface area contributed by atoms with Gasteiger partial charge in [0.25, 0.3) is 11.8 Å². The number of nitrogens with zero attached hydrogens (tertiary/aromatic N) is 1.